The molecule has 1 aliphatic rings. The van der Waals surface area contributed by atoms with Crippen molar-refractivity contribution in [3.8, 4) is 0 Å². The molecule has 3 heteroatoms. The zero-order valence-electron chi connectivity index (χ0n) is 6.88. The van der Waals surface area contributed by atoms with Crippen LogP contribution in [0.5, 0.6) is 0 Å². The number of rotatable bonds is 4. The Morgan fingerprint density at radius 3 is 3.18 bits per heavy atom. The smallest absolute Gasteiger partial charge is 0.172 e. The minimum absolute atomic E-state index is 0.0819. The standard InChI is InChI=1S/C8H15NO2/c1-3-5-9-7-4-6-11-8(7)10-2/h1,7-9H,3-6H2,2H3/t7-,8?/m0/s1. The monoisotopic (exact) mass is 157 g/mol. The van der Waals surface area contributed by atoms with Crippen molar-refractivity contribution in [3.05, 3.63) is 6.92 Å². The van der Waals surface area contributed by atoms with Crippen molar-refractivity contribution in [3.63, 3.8) is 0 Å². The maximum absolute atomic E-state index is 5.35. The molecule has 1 aliphatic heterocycles. The van der Waals surface area contributed by atoms with Gasteiger partial charge in [0.1, 0.15) is 0 Å². The molecule has 0 bridgehead atoms. The molecule has 1 unspecified atom stereocenters. The molecule has 0 aromatic carbocycles. The van der Waals surface area contributed by atoms with E-state index in [4.69, 9.17) is 16.4 Å². The summed E-state index contributed by atoms with van der Waals surface area (Å²) in [6.07, 6.45) is 1.59. The molecule has 64 valence electrons. The molecule has 1 N–H and O–H groups in total. The third-order valence-electron chi connectivity index (χ3n) is 1.82. The minimum atomic E-state index is -0.0819. The van der Waals surface area contributed by atoms with E-state index in [-0.39, 0.29) is 6.29 Å². The molecular formula is C8H15NO2. The summed E-state index contributed by atoms with van der Waals surface area (Å²) in [6.45, 7) is 6.96. The van der Waals surface area contributed by atoms with Gasteiger partial charge in [-0.25, -0.2) is 0 Å². The second kappa shape index (κ2) is 4.70. The lowest BCUT2D eigenvalue weighted by Gasteiger charge is -2.17. The van der Waals surface area contributed by atoms with Crippen LogP contribution in [-0.2, 0) is 9.47 Å². The predicted molar refractivity (Wildman–Crippen MR) is 42.1 cm³/mol. The lowest BCUT2D eigenvalue weighted by Crippen LogP contribution is -2.37. The maximum atomic E-state index is 5.35. The van der Waals surface area contributed by atoms with Crippen LogP contribution in [0.1, 0.15) is 12.8 Å². The quantitative estimate of drug-likeness (QED) is 0.642. The van der Waals surface area contributed by atoms with E-state index in [2.05, 4.69) is 5.32 Å². The first-order chi connectivity index (χ1) is 5.38. The van der Waals surface area contributed by atoms with Crippen LogP contribution >= 0.6 is 0 Å². The third-order valence-corrected chi connectivity index (χ3v) is 1.82. The second-order valence-electron chi connectivity index (χ2n) is 2.61. The van der Waals surface area contributed by atoms with E-state index in [0.717, 1.165) is 19.6 Å². The van der Waals surface area contributed by atoms with Gasteiger partial charge in [0.25, 0.3) is 0 Å². The van der Waals surface area contributed by atoms with Gasteiger partial charge in [0.05, 0.1) is 12.6 Å². The summed E-state index contributed by atoms with van der Waals surface area (Å²) in [5.74, 6) is 0. The Bertz CT molecular complexity index is 108. The highest BCUT2D eigenvalue weighted by molar-refractivity contribution is 4.75. The van der Waals surface area contributed by atoms with E-state index in [1.807, 2.05) is 0 Å². The molecule has 0 spiro atoms. The summed E-state index contributed by atoms with van der Waals surface area (Å²) in [7, 11) is 1.66. The van der Waals surface area contributed by atoms with Crippen LogP contribution in [-0.4, -0.2) is 32.6 Å². The van der Waals surface area contributed by atoms with Crippen LogP contribution in [0.15, 0.2) is 0 Å². The fourth-order valence-corrected chi connectivity index (χ4v) is 1.26. The first-order valence-electron chi connectivity index (χ1n) is 3.96. The van der Waals surface area contributed by atoms with Crippen LogP contribution in [0.2, 0.25) is 0 Å². The van der Waals surface area contributed by atoms with Gasteiger partial charge in [-0.15, -0.1) is 0 Å². The lowest BCUT2D eigenvalue weighted by molar-refractivity contribution is -0.0995. The molecule has 1 saturated heterocycles. The van der Waals surface area contributed by atoms with Crippen molar-refractivity contribution in [2.24, 2.45) is 0 Å². The summed E-state index contributed by atoms with van der Waals surface area (Å²) in [5.41, 5.74) is 0. The average Bonchev–Trinajstić information content (AvgIpc) is 2.47. The van der Waals surface area contributed by atoms with E-state index in [9.17, 15) is 0 Å². The molecule has 0 aromatic rings. The van der Waals surface area contributed by atoms with Gasteiger partial charge in [-0.3, -0.25) is 0 Å². The summed E-state index contributed by atoms with van der Waals surface area (Å²) in [5, 5.41) is 3.26. The highest BCUT2D eigenvalue weighted by Gasteiger charge is 2.26. The highest BCUT2D eigenvalue weighted by Crippen LogP contribution is 2.13. The number of hydrogen-bond acceptors (Lipinski definition) is 3. The molecule has 1 heterocycles. The predicted octanol–water partition coefficient (Wildman–Crippen LogP) is 0.439. The fraction of sp³-hybridized carbons (Fsp3) is 0.875. The van der Waals surface area contributed by atoms with Gasteiger partial charge in [0, 0.05) is 7.11 Å². The SMILES string of the molecule is [CH]CCN[C@H]1CCOC1OC. The van der Waals surface area contributed by atoms with E-state index < -0.39 is 0 Å². The topological polar surface area (TPSA) is 30.5 Å². The highest BCUT2D eigenvalue weighted by atomic mass is 16.7. The molecule has 0 amide bonds. The van der Waals surface area contributed by atoms with E-state index in [0.29, 0.717) is 12.5 Å². The van der Waals surface area contributed by atoms with Gasteiger partial charge in [-0.1, -0.05) is 0 Å². The second-order valence-corrected chi connectivity index (χ2v) is 2.61. The normalized spacial score (nSPS) is 31.1. The van der Waals surface area contributed by atoms with Crippen molar-refractivity contribution in [1.82, 2.24) is 5.32 Å². The molecule has 0 aromatic heterocycles. The Morgan fingerprint density at radius 2 is 2.55 bits per heavy atom. The zero-order valence-corrected chi connectivity index (χ0v) is 6.88. The molecule has 1 fully saturated rings. The maximum Gasteiger partial charge on any atom is 0.172 e. The van der Waals surface area contributed by atoms with E-state index in [1.54, 1.807) is 7.11 Å². The van der Waals surface area contributed by atoms with Crippen LogP contribution in [0.3, 0.4) is 0 Å². The van der Waals surface area contributed by atoms with Gasteiger partial charge < -0.3 is 14.8 Å². The van der Waals surface area contributed by atoms with Gasteiger partial charge in [0.15, 0.2) is 6.29 Å². The van der Waals surface area contributed by atoms with Crippen LogP contribution in [0.4, 0.5) is 0 Å². The van der Waals surface area contributed by atoms with E-state index in [1.165, 1.54) is 0 Å². The molecule has 0 saturated carbocycles. The molecule has 0 aliphatic carbocycles. The summed E-state index contributed by atoms with van der Waals surface area (Å²) in [4.78, 5) is 0. The average molecular weight is 157 g/mol. The van der Waals surface area contributed by atoms with Crippen molar-refractivity contribution in [1.29, 1.82) is 0 Å². The molecule has 3 nitrogen and oxygen atoms in total. The molecule has 11 heavy (non-hydrogen) atoms. The largest absolute Gasteiger partial charge is 0.354 e. The third kappa shape index (κ3) is 2.43. The van der Waals surface area contributed by atoms with Gasteiger partial charge in [0.2, 0.25) is 0 Å². The van der Waals surface area contributed by atoms with Gasteiger partial charge >= 0.3 is 0 Å². The van der Waals surface area contributed by atoms with Crippen LogP contribution < -0.4 is 5.32 Å². The Hall–Kier alpha value is -0.120. The molecule has 2 atom stereocenters. The summed E-state index contributed by atoms with van der Waals surface area (Å²) < 4.78 is 10.4. The summed E-state index contributed by atoms with van der Waals surface area (Å²) >= 11 is 0. The summed E-state index contributed by atoms with van der Waals surface area (Å²) in [6, 6.07) is 0.323. The van der Waals surface area contributed by atoms with E-state index >= 15 is 0 Å². The Kier molecular flexibility index (Phi) is 3.83. The Balaban J connectivity index is 2.20. The lowest BCUT2D eigenvalue weighted by atomic mass is 10.2. The van der Waals surface area contributed by atoms with Crippen molar-refractivity contribution < 1.29 is 9.47 Å². The van der Waals surface area contributed by atoms with Gasteiger partial charge in [-0.2, -0.15) is 0 Å². The number of methoxy groups -OCH3 is 1. The van der Waals surface area contributed by atoms with Crippen molar-refractivity contribution in [2.75, 3.05) is 20.3 Å². The minimum Gasteiger partial charge on any atom is -0.354 e. The number of ether oxygens (including phenoxy) is 2. The van der Waals surface area contributed by atoms with Crippen molar-refractivity contribution in [2.45, 2.75) is 25.2 Å². The number of hydrogen-bond donors (Lipinski definition) is 1. The molecular weight excluding hydrogens is 142 g/mol. The number of nitrogens with one attached hydrogen (secondary N) is 1. The first-order valence-corrected chi connectivity index (χ1v) is 3.96. The Labute approximate surface area is 68.1 Å². The first kappa shape index (κ1) is 8.97. The van der Waals surface area contributed by atoms with Gasteiger partial charge in [-0.05, 0) is 26.3 Å². The Morgan fingerprint density at radius 1 is 1.73 bits per heavy atom. The van der Waals surface area contributed by atoms with Crippen LogP contribution in [0.25, 0.3) is 0 Å². The zero-order chi connectivity index (χ0) is 8.10. The molecule has 1 rings (SSSR count). The van der Waals surface area contributed by atoms with Crippen LogP contribution in [0, 0.1) is 6.92 Å². The molecule has 2 radical (unpaired) electrons. The fourth-order valence-electron chi connectivity index (χ4n) is 1.26. The van der Waals surface area contributed by atoms with Crippen molar-refractivity contribution >= 4 is 0 Å².